The second-order valence-corrected chi connectivity index (χ2v) is 7.63. The van der Waals surface area contributed by atoms with E-state index in [0.717, 1.165) is 4.88 Å². The van der Waals surface area contributed by atoms with E-state index in [1.165, 1.54) is 17.2 Å². The van der Waals surface area contributed by atoms with Crippen LogP contribution in [0.25, 0.3) is 11.0 Å². The first kappa shape index (κ1) is 16.4. The molecule has 0 spiro atoms. The van der Waals surface area contributed by atoms with Gasteiger partial charge in [-0.3, -0.25) is 9.59 Å². The topological polar surface area (TPSA) is 92.7 Å². The molecule has 0 bridgehead atoms. The minimum Gasteiger partial charge on any atom is -0.346 e. The maximum absolute atomic E-state index is 12.5. The van der Waals surface area contributed by atoms with E-state index in [9.17, 15) is 9.59 Å². The van der Waals surface area contributed by atoms with Gasteiger partial charge in [0.1, 0.15) is 11.9 Å². The number of amides is 1. The Kier molecular flexibility index (Phi) is 4.23. The first-order valence-corrected chi connectivity index (χ1v) is 8.46. The molecule has 8 heteroatoms. The molecule has 0 saturated heterocycles. The molecule has 0 aliphatic carbocycles. The fourth-order valence-corrected chi connectivity index (χ4v) is 3.55. The van der Waals surface area contributed by atoms with Crippen molar-refractivity contribution in [1.29, 1.82) is 0 Å². The van der Waals surface area contributed by atoms with Crippen LogP contribution in [0.5, 0.6) is 0 Å². The number of hydrogen-bond donors (Lipinski definition) is 2. The minimum atomic E-state index is -0.266. The summed E-state index contributed by atoms with van der Waals surface area (Å²) in [6, 6.07) is 3.90. The third kappa shape index (κ3) is 3.23. The summed E-state index contributed by atoms with van der Waals surface area (Å²) in [5.74, 6) is -0.171. The molecular formula is C16H19N5O2S. The predicted octanol–water partition coefficient (Wildman–Crippen LogP) is 2.08. The van der Waals surface area contributed by atoms with Crippen molar-refractivity contribution < 1.29 is 4.79 Å². The average molecular weight is 345 g/mol. The summed E-state index contributed by atoms with van der Waals surface area (Å²) in [5.41, 5.74) is 0.0115. The number of aromatic amines is 1. The van der Waals surface area contributed by atoms with E-state index in [2.05, 4.69) is 41.2 Å². The Balaban J connectivity index is 1.81. The SMILES string of the molecule is CC(C)(C)[C@@H](NC(=O)Cn1ncc2c(=O)[nH]cnc21)c1cccs1. The summed E-state index contributed by atoms with van der Waals surface area (Å²) in [4.78, 5) is 31.9. The Labute approximate surface area is 142 Å². The van der Waals surface area contributed by atoms with Gasteiger partial charge in [-0.1, -0.05) is 26.8 Å². The van der Waals surface area contributed by atoms with Gasteiger partial charge in [0.15, 0.2) is 5.65 Å². The number of carbonyl (C=O) groups is 1. The van der Waals surface area contributed by atoms with Gasteiger partial charge in [-0.05, 0) is 16.9 Å². The zero-order chi connectivity index (χ0) is 17.3. The highest BCUT2D eigenvalue weighted by Crippen LogP contribution is 2.35. The lowest BCUT2D eigenvalue weighted by atomic mass is 9.86. The smallest absolute Gasteiger partial charge is 0.261 e. The highest BCUT2D eigenvalue weighted by Gasteiger charge is 2.28. The summed E-state index contributed by atoms with van der Waals surface area (Å²) in [5, 5.41) is 9.55. The van der Waals surface area contributed by atoms with E-state index < -0.39 is 0 Å². The quantitative estimate of drug-likeness (QED) is 0.757. The lowest BCUT2D eigenvalue weighted by molar-refractivity contribution is -0.123. The molecule has 0 unspecified atom stereocenters. The third-order valence-electron chi connectivity index (χ3n) is 3.73. The lowest BCUT2D eigenvalue weighted by Gasteiger charge is -2.30. The van der Waals surface area contributed by atoms with Gasteiger partial charge in [0.05, 0.1) is 18.6 Å². The first-order chi connectivity index (χ1) is 11.4. The van der Waals surface area contributed by atoms with Gasteiger partial charge in [-0.15, -0.1) is 11.3 Å². The summed E-state index contributed by atoms with van der Waals surface area (Å²) >= 11 is 1.62. The molecule has 7 nitrogen and oxygen atoms in total. The number of hydrogen-bond acceptors (Lipinski definition) is 5. The Morgan fingerprint density at radius 1 is 1.46 bits per heavy atom. The van der Waals surface area contributed by atoms with Gasteiger partial charge in [0.2, 0.25) is 5.91 Å². The van der Waals surface area contributed by atoms with Gasteiger partial charge >= 0.3 is 0 Å². The Bertz CT molecular complexity index is 905. The number of nitrogens with zero attached hydrogens (tertiary/aromatic N) is 3. The van der Waals surface area contributed by atoms with Crippen LogP contribution < -0.4 is 10.9 Å². The molecule has 1 atom stereocenters. The zero-order valence-corrected chi connectivity index (χ0v) is 14.6. The minimum absolute atomic E-state index is 0.0118. The van der Waals surface area contributed by atoms with Crippen LogP contribution in [0.3, 0.4) is 0 Å². The number of thiophene rings is 1. The van der Waals surface area contributed by atoms with Crippen LogP contribution in [0.1, 0.15) is 31.7 Å². The maximum Gasteiger partial charge on any atom is 0.261 e. The molecule has 3 heterocycles. The van der Waals surface area contributed by atoms with Crippen molar-refractivity contribution in [2.75, 3.05) is 0 Å². The number of carbonyl (C=O) groups excluding carboxylic acids is 1. The van der Waals surface area contributed by atoms with Crippen molar-refractivity contribution in [2.45, 2.75) is 33.4 Å². The summed E-state index contributed by atoms with van der Waals surface area (Å²) < 4.78 is 1.44. The standard InChI is InChI=1S/C16H19N5O2S/c1-16(2,3)13(11-5-4-6-24-11)20-12(22)8-21-14-10(7-19-21)15(23)18-9-17-14/h4-7,9,13H,8H2,1-3H3,(H,20,22)(H,17,18,23)/t13-/m0/s1. The molecule has 0 aromatic carbocycles. The molecule has 126 valence electrons. The molecule has 0 fully saturated rings. The largest absolute Gasteiger partial charge is 0.346 e. The van der Waals surface area contributed by atoms with Crippen LogP contribution in [0.15, 0.2) is 34.8 Å². The monoisotopic (exact) mass is 345 g/mol. The molecule has 3 aromatic heterocycles. The number of fused-ring (bicyclic) bond motifs is 1. The van der Waals surface area contributed by atoms with Gasteiger partial charge < -0.3 is 10.3 Å². The Morgan fingerprint density at radius 2 is 2.25 bits per heavy atom. The van der Waals surface area contributed by atoms with Crippen LogP contribution in [-0.2, 0) is 11.3 Å². The van der Waals surface area contributed by atoms with E-state index >= 15 is 0 Å². The third-order valence-corrected chi connectivity index (χ3v) is 4.67. The molecule has 1 amide bonds. The van der Waals surface area contributed by atoms with Crippen LogP contribution in [0, 0.1) is 5.41 Å². The number of rotatable bonds is 4. The van der Waals surface area contributed by atoms with Gasteiger partial charge in [-0.25, -0.2) is 9.67 Å². The van der Waals surface area contributed by atoms with Gasteiger partial charge in [0, 0.05) is 4.88 Å². The van der Waals surface area contributed by atoms with E-state index in [-0.39, 0.29) is 29.5 Å². The fraction of sp³-hybridized carbons (Fsp3) is 0.375. The Hall–Kier alpha value is -2.48. The first-order valence-electron chi connectivity index (χ1n) is 7.58. The molecular weight excluding hydrogens is 326 g/mol. The molecule has 0 saturated carbocycles. The van der Waals surface area contributed by atoms with Gasteiger partial charge in [0.25, 0.3) is 5.56 Å². The molecule has 2 N–H and O–H groups in total. The summed E-state index contributed by atoms with van der Waals surface area (Å²) in [7, 11) is 0. The molecule has 0 aliphatic heterocycles. The molecule has 0 radical (unpaired) electrons. The van der Waals surface area contributed by atoms with Crippen molar-refractivity contribution >= 4 is 28.3 Å². The summed E-state index contributed by atoms with van der Waals surface area (Å²) in [6.07, 6.45) is 2.74. The molecule has 24 heavy (non-hydrogen) atoms. The second kappa shape index (κ2) is 6.20. The average Bonchev–Trinajstić information content (AvgIpc) is 3.15. The van der Waals surface area contributed by atoms with E-state index in [1.807, 2.05) is 17.5 Å². The number of aromatic nitrogens is 4. The number of H-pyrrole nitrogens is 1. The van der Waals surface area contributed by atoms with Crippen molar-refractivity contribution in [2.24, 2.45) is 5.41 Å². The van der Waals surface area contributed by atoms with Crippen molar-refractivity contribution in [3.8, 4) is 0 Å². The van der Waals surface area contributed by atoms with Crippen molar-refractivity contribution in [3.63, 3.8) is 0 Å². The lowest BCUT2D eigenvalue weighted by Crippen LogP contribution is -2.38. The highest BCUT2D eigenvalue weighted by atomic mass is 32.1. The van der Waals surface area contributed by atoms with E-state index in [4.69, 9.17) is 0 Å². The van der Waals surface area contributed by atoms with Crippen LogP contribution in [0.2, 0.25) is 0 Å². The van der Waals surface area contributed by atoms with E-state index in [1.54, 1.807) is 11.3 Å². The fourth-order valence-electron chi connectivity index (χ4n) is 2.53. The zero-order valence-electron chi connectivity index (χ0n) is 13.7. The molecule has 3 aromatic rings. The molecule has 0 aliphatic rings. The number of nitrogens with one attached hydrogen (secondary N) is 2. The summed E-state index contributed by atoms with van der Waals surface area (Å²) in [6.45, 7) is 6.27. The second-order valence-electron chi connectivity index (χ2n) is 6.65. The van der Waals surface area contributed by atoms with Crippen molar-refractivity contribution in [1.82, 2.24) is 25.1 Å². The predicted molar refractivity (Wildman–Crippen MR) is 92.8 cm³/mol. The Morgan fingerprint density at radius 3 is 2.92 bits per heavy atom. The highest BCUT2D eigenvalue weighted by molar-refractivity contribution is 7.10. The van der Waals surface area contributed by atoms with E-state index in [0.29, 0.717) is 11.0 Å². The van der Waals surface area contributed by atoms with Gasteiger partial charge in [-0.2, -0.15) is 5.10 Å². The normalized spacial score (nSPS) is 13.1. The van der Waals surface area contributed by atoms with Crippen LogP contribution in [-0.4, -0.2) is 25.7 Å². The van der Waals surface area contributed by atoms with Crippen LogP contribution in [0.4, 0.5) is 0 Å². The maximum atomic E-state index is 12.5. The molecule has 3 rings (SSSR count). The van der Waals surface area contributed by atoms with Crippen molar-refractivity contribution in [3.05, 3.63) is 45.3 Å². The van der Waals surface area contributed by atoms with Crippen LogP contribution >= 0.6 is 11.3 Å².